The first-order valence-corrected chi connectivity index (χ1v) is 4.98. The predicted molar refractivity (Wildman–Crippen MR) is 52.9 cm³/mol. The SMILES string of the molecule is Cn1cc(CN2CC(Cl)CC2=O)cn1. The van der Waals surface area contributed by atoms with Crippen molar-refractivity contribution in [2.75, 3.05) is 6.54 Å². The summed E-state index contributed by atoms with van der Waals surface area (Å²) in [5.74, 6) is 0.133. The average Bonchev–Trinajstić information content (AvgIpc) is 2.61. The molecule has 0 bridgehead atoms. The van der Waals surface area contributed by atoms with Crippen LogP contribution in [0.3, 0.4) is 0 Å². The summed E-state index contributed by atoms with van der Waals surface area (Å²) in [5.41, 5.74) is 1.05. The van der Waals surface area contributed by atoms with Crippen LogP contribution in [0.2, 0.25) is 0 Å². The minimum atomic E-state index is -0.0285. The molecule has 1 atom stereocenters. The van der Waals surface area contributed by atoms with Crippen LogP contribution in [0, 0.1) is 0 Å². The summed E-state index contributed by atoms with van der Waals surface area (Å²) in [7, 11) is 1.86. The first-order chi connectivity index (χ1) is 6.65. The zero-order valence-corrected chi connectivity index (χ0v) is 8.74. The number of alkyl halides is 1. The van der Waals surface area contributed by atoms with Crippen LogP contribution < -0.4 is 0 Å². The van der Waals surface area contributed by atoms with E-state index in [9.17, 15) is 4.79 Å². The van der Waals surface area contributed by atoms with E-state index in [1.165, 1.54) is 0 Å². The van der Waals surface area contributed by atoms with Gasteiger partial charge in [0.2, 0.25) is 5.91 Å². The molecule has 1 aliphatic heterocycles. The first-order valence-electron chi connectivity index (χ1n) is 4.54. The third-order valence-electron chi connectivity index (χ3n) is 2.30. The van der Waals surface area contributed by atoms with E-state index in [1.807, 2.05) is 13.2 Å². The van der Waals surface area contributed by atoms with E-state index in [0.717, 1.165) is 5.56 Å². The number of aryl methyl sites for hydroxylation is 1. The number of hydrogen-bond donors (Lipinski definition) is 0. The van der Waals surface area contributed by atoms with Crippen LogP contribution in [-0.2, 0) is 18.4 Å². The molecule has 1 amide bonds. The third kappa shape index (κ3) is 1.90. The molecule has 0 aliphatic carbocycles. The Morgan fingerprint density at radius 3 is 3.00 bits per heavy atom. The van der Waals surface area contributed by atoms with E-state index >= 15 is 0 Å². The van der Waals surface area contributed by atoms with Gasteiger partial charge in [-0.3, -0.25) is 9.48 Å². The van der Waals surface area contributed by atoms with Gasteiger partial charge in [0.15, 0.2) is 0 Å². The van der Waals surface area contributed by atoms with Gasteiger partial charge >= 0.3 is 0 Å². The monoisotopic (exact) mass is 213 g/mol. The fourth-order valence-electron chi connectivity index (χ4n) is 1.65. The molecule has 1 aromatic rings. The van der Waals surface area contributed by atoms with Crippen LogP contribution in [0.4, 0.5) is 0 Å². The number of nitrogens with zero attached hydrogens (tertiary/aromatic N) is 3. The van der Waals surface area contributed by atoms with Gasteiger partial charge in [0, 0.05) is 38.3 Å². The Kier molecular flexibility index (Phi) is 2.46. The predicted octanol–water partition coefficient (Wildman–Crippen LogP) is 0.760. The van der Waals surface area contributed by atoms with Crippen LogP contribution in [0.5, 0.6) is 0 Å². The zero-order valence-electron chi connectivity index (χ0n) is 7.98. The summed E-state index contributed by atoms with van der Waals surface area (Å²) in [6, 6.07) is 0. The largest absolute Gasteiger partial charge is 0.337 e. The Bertz CT molecular complexity index is 350. The molecule has 0 saturated carbocycles. The summed E-state index contributed by atoms with van der Waals surface area (Å²) in [4.78, 5) is 13.2. The molecule has 14 heavy (non-hydrogen) atoms. The lowest BCUT2D eigenvalue weighted by atomic mass is 10.3. The minimum Gasteiger partial charge on any atom is -0.337 e. The van der Waals surface area contributed by atoms with Crippen LogP contribution in [0.1, 0.15) is 12.0 Å². The average molecular weight is 214 g/mol. The van der Waals surface area contributed by atoms with E-state index in [-0.39, 0.29) is 11.3 Å². The molecule has 0 spiro atoms. The number of rotatable bonds is 2. The van der Waals surface area contributed by atoms with Crippen LogP contribution in [-0.4, -0.2) is 32.5 Å². The number of hydrogen-bond acceptors (Lipinski definition) is 2. The fraction of sp³-hybridized carbons (Fsp3) is 0.556. The van der Waals surface area contributed by atoms with Gasteiger partial charge in [0.05, 0.1) is 11.6 Å². The molecular formula is C9H12ClN3O. The highest BCUT2D eigenvalue weighted by atomic mass is 35.5. The molecule has 0 aromatic carbocycles. The molecule has 0 radical (unpaired) electrons. The standard InChI is InChI=1S/C9H12ClN3O/c1-12-4-7(3-11-12)5-13-6-8(10)2-9(13)14/h3-4,8H,2,5-6H2,1H3. The van der Waals surface area contributed by atoms with Crippen LogP contribution in [0.15, 0.2) is 12.4 Å². The van der Waals surface area contributed by atoms with Crippen LogP contribution in [0.25, 0.3) is 0 Å². The van der Waals surface area contributed by atoms with Crippen molar-refractivity contribution in [3.8, 4) is 0 Å². The smallest absolute Gasteiger partial charge is 0.224 e. The van der Waals surface area contributed by atoms with Crippen molar-refractivity contribution in [2.24, 2.45) is 7.05 Å². The second-order valence-corrected chi connectivity index (χ2v) is 4.22. The highest BCUT2D eigenvalue weighted by Gasteiger charge is 2.27. The molecule has 5 heteroatoms. The second kappa shape index (κ2) is 3.61. The molecule has 1 fully saturated rings. The zero-order chi connectivity index (χ0) is 10.1. The molecular weight excluding hydrogens is 202 g/mol. The van der Waals surface area contributed by atoms with E-state index in [0.29, 0.717) is 19.5 Å². The van der Waals surface area contributed by atoms with Gasteiger partial charge in [-0.2, -0.15) is 5.10 Å². The fourth-order valence-corrected chi connectivity index (χ4v) is 1.95. The van der Waals surface area contributed by atoms with Gasteiger partial charge in [-0.1, -0.05) is 0 Å². The number of likely N-dealkylation sites (tertiary alicyclic amines) is 1. The second-order valence-electron chi connectivity index (χ2n) is 3.60. The van der Waals surface area contributed by atoms with E-state index in [1.54, 1.807) is 15.8 Å². The summed E-state index contributed by atoms with van der Waals surface area (Å²) in [6.07, 6.45) is 4.14. The first kappa shape index (κ1) is 9.52. The van der Waals surface area contributed by atoms with Gasteiger partial charge in [-0.05, 0) is 0 Å². The Hall–Kier alpha value is -1.03. The number of carbonyl (C=O) groups excluding carboxylic acids is 1. The maximum atomic E-state index is 11.4. The molecule has 2 heterocycles. The topological polar surface area (TPSA) is 38.1 Å². The highest BCUT2D eigenvalue weighted by Crippen LogP contribution is 2.18. The molecule has 1 unspecified atom stereocenters. The molecule has 1 saturated heterocycles. The van der Waals surface area contributed by atoms with E-state index in [4.69, 9.17) is 11.6 Å². The lowest BCUT2D eigenvalue weighted by Gasteiger charge is -2.13. The lowest BCUT2D eigenvalue weighted by molar-refractivity contribution is -0.128. The minimum absolute atomic E-state index is 0.0285. The Balaban J connectivity index is 2.01. The number of carbonyl (C=O) groups is 1. The summed E-state index contributed by atoms with van der Waals surface area (Å²) in [5, 5.41) is 4.02. The highest BCUT2D eigenvalue weighted by molar-refractivity contribution is 6.22. The van der Waals surface area contributed by atoms with Gasteiger partial charge < -0.3 is 4.90 Å². The van der Waals surface area contributed by atoms with Crippen LogP contribution >= 0.6 is 11.6 Å². The van der Waals surface area contributed by atoms with Crippen molar-refractivity contribution in [1.29, 1.82) is 0 Å². The van der Waals surface area contributed by atoms with E-state index < -0.39 is 0 Å². The summed E-state index contributed by atoms with van der Waals surface area (Å²) in [6.45, 7) is 1.27. The van der Waals surface area contributed by atoms with Gasteiger partial charge in [-0.15, -0.1) is 11.6 Å². The Morgan fingerprint density at radius 2 is 2.50 bits per heavy atom. The van der Waals surface area contributed by atoms with Gasteiger partial charge in [0.1, 0.15) is 0 Å². The quantitative estimate of drug-likeness (QED) is 0.681. The van der Waals surface area contributed by atoms with Gasteiger partial charge in [0.25, 0.3) is 0 Å². The molecule has 0 N–H and O–H groups in total. The third-order valence-corrected chi connectivity index (χ3v) is 2.59. The van der Waals surface area contributed by atoms with E-state index in [2.05, 4.69) is 5.10 Å². The Morgan fingerprint density at radius 1 is 1.71 bits per heavy atom. The molecule has 2 rings (SSSR count). The number of halogens is 1. The van der Waals surface area contributed by atoms with Crippen molar-refractivity contribution >= 4 is 17.5 Å². The molecule has 4 nitrogen and oxygen atoms in total. The molecule has 76 valence electrons. The van der Waals surface area contributed by atoms with Crippen molar-refractivity contribution in [1.82, 2.24) is 14.7 Å². The maximum absolute atomic E-state index is 11.4. The number of aromatic nitrogens is 2. The van der Waals surface area contributed by atoms with Crippen molar-refractivity contribution < 1.29 is 4.79 Å². The van der Waals surface area contributed by atoms with Crippen molar-refractivity contribution in [3.63, 3.8) is 0 Å². The van der Waals surface area contributed by atoms with Crippen molar-refractivity contribution in [2.45, 2.75) is 18.3 Å². The Labute approximate surface area is 87.4 Å². The number of amides is 1. The van der Waals surface area contributed by atoms with Crippen molar-refractivity contribution in [3.05, 3.63) is 18.0 Å². The summed E-state index contributed by atoms with van der Waals surface area (Å²) >= 11 is 5.89. The molecule has 1 aliphatic rings. The molecule has 1 aromatic heterocycles. The normalized spacial score (nSPS) is 22.0. The summed E-state index contributed by atoms with van der Waals surface area (Å²) < 4.78 is 1.73. The maximum Gasteiger partial charge on any atom is 0.224 e. The van der Waals surface area contributed by atoms with Gasteiger partial charge in [-0.25, -0.2) is 0 Å². The lowest BCUT2D eigenvalue weighted by Crippen LogP contribution is -2.24.